The number of sulfone groups is 2. The van der Waals surface area contributed by atoms with Crippen molar-refractivity contribution in [2.24, 2.45) is 0 Å². The molecular formula is C27H48N2O12S2. The van der Waals surface area contributed by atoms with Gasteiger partial charge in [-0.15, -0.1) is 0 Å². The SMILES string of the molecule is CC(C)(C)OC(=O)CNC(CS(C)(=O)=O)C(O)O.CC(C)(C)OC(=O)CNC(CS(C)(=O)=O)[C@@H](O)OCc1ccccc1. The van der Waals surface area contributed by atoms with E-state index in [1.54, 1.807) is 41.5 Å². The number of nitrogens with one attached hydrogen (secondary N) is 2. The number of benzene rings is 1. The van der Waals surface area contributed by atoms with Gasteiger partial charge in [0, 0.05) is 12.5 Å². The van der Waals surface area contributed by atoms with Crippen LogP contribution in [-0.4, -0.2) is 117 Å². The Morgan fingerprint density at radius 2 is 1.14 bits per heavy atom. The number of esters is 2. The van der Waals surface area contributed by atoms with E-state index in [-0.39, 0.29) is 25.4 Å². The van der Waals surface area contributed by atoms with Crippen molar-refractivity contribution in [2.75, 3.05) is 37.1 Å². The first-order valence-corrected chi connectivity index (χ1v) is 17.4. The van der Waals surface area contributed by atoms with Crippen molar-refractivity contribution >= 4 is 31.6 Å². The lowest BCUT2D eigenvalue weighted by atomic mass is 10.2. The van der Waals surface area contributed by atoms with Crippen molar-refractivity contribution in [1.29, 1.82) is 0 Å². The van der Waals surface area contributed by atoms with E-state index >= 15 is 0 Å². The highest BCUT2D eigenvalue weighted by Crippen LogP contribution is 2.09. The maximum atomic E-state index is 11.8. The third kappa shape index (κ3) is 23.9. The molecule has 3 atom stereocenters. The average molecular weight is 657 g/mol. The molecule has 1 rings (SSSR count). The van der Waals surface area contributed by atoms with Crippen molar-refractivity contribution < 1.29 is 56.0 Å². The lowest BCUT2D eigenvalue weighted by Crippen LogP contribution is -2.48. The van der Waals surface area contributed by atoms with Crippen molar-refractivity contribution in [3.8, 4) is 0 Å². The second kappa shape index (κ2) is 17.9. The van der Waals surface area contributed by atoms with Crippen LogP contribution in [0.25, 0.3) is 0 Å². The van der Waals surface area contributed by atoms with Crippen LogP contribution in [0, 0.1) is 0 Å². The molecule has 0 aliphatic rings. The summed E-state index contributed by atoms with van der Waals surface area (Å²) in [6.45, 7) is 9.87. The first-order chi connectivity index (χ1) is 19.4. The van der Waals surface area contributed by atoms with Crippen LogP contribution in [0.5, 0.6) is 0 Å². The number of carbonyl (C=O) groups is 2. The van der Waals surface area contributed by atoms with Gasteiger partial charge in [0.25, 0.3) is 0 Å². The molecule has 0 amide bonds. The summed E-state index contributed by atoms with van der Waals surface area (Å²) in [5, 5.41) is 33.3. The molecule has 0 aromatic heterocycles. The van der Waals surface area contributed by atoms with Crippen LogP contribution in [0.1, 0.15) is 47.1 Å². The van der Waals surface area contributed by atoms with Gasteiger partial charge in [-0.1, -0.05) is 30.3 Å². The second-order valence-electron chi connectivity index (χ2n) is 11.9. The van der Waals surface area contributed by atoms with Crippen LogP contribution in [0.15, 0.2) is 30.3 Å². The Kier molecular flexibility index (Phi) is 17.0. The van der Waals surface area contributed by atoms with Gasteiger partial charge >= 0.3 is 11.9 Å². The summed E-state index contributed by atoms with van der Waals surface area (Å²) in [6, 6.07) is 7.09. The fourth-order valence-corrected chi connectivity index (χ4v) is 5.08. The van der Waals surface area contributed by atoms with E-state index in [9.17, 15) is 31.5 Å². The zero-order valence-corrected chi connectivity index (χ0v) is 27.7. The maximum Gasteiger partial charge on any atom is 0.320 e. The smallest absolute Gasteiger partial charge is 0.320 e. The number of hydrogen-bond donors (Lipinski definition) is 5. The van der Waals surface area contributed by atoms with E-state index in [1.165, 1.54) is 0 Å². The average Bonchev–Trinajstić information content (AvgIpc) is 2.80. The van der Waals surface area contributed by atoms with Crippen molar-refractivity contribution in [3.63, 3.8) is 0 Å². The van der Waals surface area contributed by atoms with E-state index in [2.05, 4.69) is 10.6 Å². The monoisotopic (exact) mass is 656 g/mol. The van der Waals surface area contributed by atoms with E-state index in [4.69, 9.17) is 24.4 Å². The second-order valence-corrected chi connectivity index (χ2v) is 16.3. The molecule has 0 aliphatic heterocycles. The van der Waals surface area contributed by atoms with E-state index in [0.717, 1.165) is 18.1 Å². The largest absolute Gasteiger partial charge is 0.459 e. The summed E-state index contributed by atoms with van der Waals surface area (Å²) in [6.07, 6.45) is -1.24. The van der Waals surface area contributed by atoms with Gasteiger partial charge in [-0.25, -0.2) is 16.8 Å². The summed E-state index contributed by atoms with van der Waals surface area (Å²) in [5.74, 6) is -1.98. The van der Waals surface area contributed by atoms with Gasteiger partial charge in [0.1, 0.15) is 30.9 Å². The van der Waals surface area contributed by atoms with Crippen LogP contribution < -0.4 is 10.6 Å². The van der Waals surface area contributed by atoms with E-state index < -0.39 is 73.2 Å². The van der Waals surface area contributed by atoms with Crippen molar-refractivity contribution in [1.82, 2.24) is 10.6 Å². The predicted molar refractivity (Wildman–Crippen MR) is 160 cm³/mol. The molecule has 2 unspecified atom stereocenters. The van der Waals surface area contributed by atoms with Gasteiger partial charge in [0.15, 0.2) is 12.6 Å². The van der Waals surface area contributed by atoms with Crippen LogP contribution in [0.4, 0.5) is 0 Å². The number of hydrogen-bond acceptors (Lipinski definition) is 14. The molecule has 43 heavy (non-hydrogen) atoms. The highest BCUT2D eigenvalue weighted by Gasteiger charge is 2.26. The van der Waals surface area contributed by atoms with Crippen molar-refractivity contribution in [2.45, 2.75) is 84.0 Å². The number of carbonyl (C=O) groups excluding carboxylic acids is 2. The number of aliphatic hydroxyl groups excluding tert-OH is 2. The maximum absolute atomic E-state index is 11.8. The molecule has 1 aromatic rings. The molecule has 0 bridgehead atoms. The minimum absolute atomic E-state index is 0.121. The topological polar surface area (TPSA) is 215 Å². The molecule has 250 valence electrons. The van der Waals surface area contributed by atoms with Gasteiger partial charge in [0.05, 0.1) is 43.3 Å². The van der Waals surface area contributed by atoms with Gasteiger partial charge in [-0.05, 0) is 47.1 Å². The molecular weight excluding hydrogens is 608 g/mol. The third-order valence-corrected chi connectivity index (χ3v) is 6.72. The molecule has 0 saturated heterocycles. The summed E-state index contributed by atoms with van der Waals surface area (Å²) in [4.78, 5) is 23.1. The lowest BCUT2D eigenvalue weighted by molar-refractivity contribution is -0.156. The Morgan fingerprint density at radius 1 is 0.744 bits per heavy atom. The van der Waals surface area contributed by atoms with Crippen LogP contribution in [0.3, 0.4) is 0 Å². The summed E-state index contributed by atoms with van der Waals surface area (Å²) in [5.41, 5.74) is -0.456. The molecule has 0 aliphatic carbocycles. The Bertz CT molecular complexity index is 1190. The molecule has 0 radical (unpaired) electrons. The Balaban J connectivity index is 0.000000869. The fraction of sp³-hybridized carbons (Fsp3) is 0.704. The van der Waals surface area contributed by atoms with Gasteiger partial charge in [0.2, 0.25) is 0 Å². The normalized spacial score (nSPS) is 14.7. The summed E-state index contributed by atoms with van der Waals surface area (Å²) >= 11 is 0. The third-order valence-electron chi connectivity index (χ3n) is 4.79. The lowest BCUT2D eigenvalue weighted by Gasteiger charge is -2.25. The van der Waals surface area contributed by atoms with Gasteiger partial charge < -0.3 is 29.5 Å². The zero-order valence-electron chi connectivity index (χ0n) is 26.1. The first kappa shape index (κ1) is 40.8. The Labute approximate surface area is 254 Å². The molecule has 14 nitrogen and oxygen atoms in total. The molecule has 0 spiro atoms. The summed E-state index contributed by atoms with van der Waals surface area (Å²) < 4.78 is 60.7. The molecule has 16 heteroatoms. The molecule has 0 fully saturated rings. The van der Waals surface area contributed by atoms with Crippen molar-refractivity contribution in [3.05, 3.63) is 35.9 Å². The predicted octanol–water partition coefficient (Wildman–Crippen LogP) is -0.492. The molecule has 5 N–H and O–H groups in total. The zero-order chi connectivity index (χ0) is 33.6. The molecule has 0 heterocycles. The number of rotatable bonds is 15. The highest BCUT2D eigenvalue weighted by molar-refractivity contribution is 7.90. The number of ether oxygens (including phenoxy) is 3. The minimum Gasteiger partial charge on any atom is -0.459 e. The van der Waals surface area contributed by atoms with Crippen LogP contribution in [0.2, 0.25) is 0 Å². The van der Waals surface area contributed by atoms with E-state index in [1.807, 2.05) is 30.3 Å². The summed E-state index contributed by atoms with van der Waals surface area (Å²) in [7, 11) is -6.77. The van der Waals surface area contributed by atoms with Crippen LogP contribution in [-0.2, 0) is 50.1 Å². The standard InChI is InChI=1S/C17H27NO6S.C10H21NO6S/c1-17(2,3)24-15(19)10-18-14(12-25(4,21)22)16(20)23-11-13-8-6-5-7-9-13;1-10(2,3)17-8(12)5-11-7(9(13)14)6-18(4,15)16/h5-9,14,16,18,20H,10-12H2,1-4H3;7,9,11,13-14H,5-6H2,1-4H3/t14?,16-;/m0./s1. The van der Waals surface area contributed by atoms with Gasteiger partial charge in [-0.2, -0.15) is 0 Å². The Hall–Kier alpha value is -2.18. The minimum atomic E-state index is -3.39. The fourth-order valence-electron chi connectivity index (χ4n) is 3.20. The number of aliphatic hydroxyl groups is 3. The highest BCUT2D eigenvalue weighted by atomic mass is 32.2. The first-order valence-electron chi connectivity index (χ1n) is 13.3. The quantitative estimate of drug-likeness (QED) is 0.119. The Morgan fingerprint density at radius 3 is 1.51 bits per heavy atom. The molecule has 1 aromatic carbocycles. The van der Waals surface area contributed by atoms with E-state index in [0.29, 0.717) is 0 Å². The van der Waals surface area contributed by atoms with Crippen LogP contribution >= 0.6 is 0 Å². The molecule has 0 saturated carbocycles. The van der Waals surface area contributed by atoms with Gasteiger partial charge in [-0.3, -0.25) is 20.2 Å².